The number of piperidine rings is 1. The van der Waals surface area contributed by atoms with E-state index in [2.05, 4.69) is 32.7 Å². The summed E-state index contributed by atoms with van der Waals surface area (Å²) < 4.78 is 0. The molecule has 0 N–H and O–H groups in total. The first-order valence-corrected chi connectivity index (χ1v) is 4.33. The first kappa shape index (κ1) is 11.4. The standard InChI is InChI=1S/C9H19N.BrH/c1-7-5-8(2)10(4)9(3)6-7;/h7-9H,5-6H2,1-4H3;1H. The molecule has 0 aliphatic carbocycles. The van der Waals surface area contributed by atoms with Crippen LogP contribution in [0.5, 0.6) is 0 Å². The molecular weight excluding hydrogens is 202 g/mol. The largest absolute Gasteiger partial charge is 0.301 e. The molecule has 0 saturated carbocycles. The minimum Gasteiger partial charge on any atom is -0.301 e. The van der Waals surface area contributed by atoms with E-state index in [0.717, 1.165) is 18.0 Å². The molecule has 0 spiro atoms. The van der Waals surface area contributed by atoms with E-state index in [0.29, 0.717) is 0 Å². The van der Waals surface area contributed by atoms with Gasteiger partial charge in [0.05, 0.1) is 0 Å². The molecule has 1 fully saturated rings. The molecule has 0 aromatic rings. The molecule has 1 saturated heterocycles. The first-order chi connectivity index (χ1) is 4.61. The van der Waals surface area contributed by atoms with Crippen molar-refractivity contribution in [2.24, 2.45) is 5.92 Å². The lowest BCUT2D eigenvalue weighted by atomic mass is 9.89. The van der Waals surface area contributed by atoms with Gasteiger partial charge in [-0.2, -0.15) is 0 Å². The average molecular weight is 222 g/mol. The van der Waals surface area contributed by atoms with Crippen LogP contribution in [0, 0.1) is 5.92 Å². The number of likely N-dealkylation sites (tertiary alicyclic amines) is 1. The van der Waals surface area contributed by atoms with E-state index in [1.54, 1.807) is 0 Å². The van der Waals surface area contributed by atoms with Crippen LogP contribution in [0.4, 0.5) is 0 Å². The van der Waals surface area contributed by atoms with Crippen LogP contribution >= 0.6 is 17.0 Å². The van der Waals surface area contributed by atoms with Crippen LogP contribution in [0.1, 0.15) is 33.6 Å². The Morgan fingerprint density at radius 1 is 1.00 bits per heavy atom. The molecule has 0 aromatic heterocycles. The van der Waals surface area contributed by atoms with E-state index < -0.39 is 0 Å². The zero-order chi connectivity index (χ0) is 7.72. The Bertz CT molecular complexity index is 104. The fourth-order valence-corrected chi connectivity index (χ4v) is 2.03. The van der Waals surface area contributed by atoms with Crippen molar-refractivity contribution in [2.75, 3.05) is 7.05 Å². The third-order valence-corrected chi connectivity index (χ3v) is 2.88. The molecule has 1 aliphatic heterocycles. The fraction of sp³-hybridized carbons (Fsp3) is 1.00. The maximum Gasteiger partial charge on any atom is 0.00692 e. The molecule has 11 heavy (non-hydrogen) atoms. The van der Waals surface area contributed by atoms with Gasteiger partial charge in [-0.1, -0.05) is 6.92 Å². The zero-order valence-electron chi connectivity index (χ0n) is 8.00. The number of hydrogen-bond acceptors (Lipinski definition) is 1. The van der Waals surface area contributed by atoms with Gasteiger partial charge in [0.2, 0.25) is 0 Å². The van der Waals surface area contributed by atoms with E-state index >= 15 is 0 Å². The van der Waals surface area contributed by atoms with Crippen LogP contribution in [0.2, 0.25) is 0 Å². The zero-order valence-corrected chi connectivity index (χ0v) is 9.71. The molecule has 0 bridgehead atoms. The second-order valence-electron chi connectivity index (χ2n) is 3.94. The maximum atomic E-state index is 2.49. The van der Waals surface area contributed by atoms with E-state index in [-0.39, 0.29) is 17.0 Å². The molecule has 68 valence electrons. The fourth-order valence-electron chi connectivity index (χ4n) is 2.03. The van der Waals surface area contributed by atoms with Crippen molar-refractivity contribution >= 4 is 17.0 Å². The van der Waals surface area contributed by atoms with Crippen molar-refractivity contribution in [3.05, 3.63) is 0 Å². The van der Waals surface area contributed by atoms with Crippen molar-refractivity contribution in [1.82, 2.24) is 4.90 Å². The Labute approximate surface area is 80.9 Å². The molecule has 0 radical (unpaired) electrons. The Balaban J connectivity index is 0.000001000. The first-order valence-electron chi connectivity index (χ1n) is 4.33. The lowest BCUT2D eigenvalue weighted by molar-refractivity contribution is 0.105. The summed E-state index contributed by atoms with van der Waals surface area (Å²) >= 11 is 0. The van der Waals surface area contributed by atoms with Crippen LogP contribution in [0.3, 0.4) is 0 Å². The summed E-state index contributed by atoms with van der Waals surface area (Å²) in [6, 6.07) is 1.58. The van der Waals surface area contributed by atoms with Gasteiger partial charge in [0.25, 0.3) is 0 Å². The van der Waals surface area contributed by atoms with E-state index in [1.807, 2.05) is 0 Å². The van der Waals surface area contributed by atoms with Gasteiger partial charge in [-0.3, -0.25) is 0 Å². The van der Waals surface area contributed by atoms with Crippen LogP contribution in [-0.2, 0) is 0 Å². The molecule has 0 aromatic carbocycles. The Kier molecular flexibility index (Phi) is 4.64. The van der Waals surface area contributed by atoms with Gasteiger partial charge in [0.1, 0.15) is 0 Å². The van der Waals surface area contributed by atoms with Gasteiger partial charge in [0.15, 0.2) is 0 Å². The molecule has 1 aliphatic rings. The highest BCUT2D eigenvalue weighted by atomic mass is 79.9. The summed E-state index contributed by atoms with van der Waals surface area (Å²) in [5.41, 5.74) is 0. The molecule has 1 rings (SSSR count). The van der Waals surface area contributed by atoms with Gasteiger partial charge >= 0.3 is 0 Å². The second kappa shape index (κ2) is 4.46. The smallest absolute Gasteiger partial charge is 0.00692 e. The SMILES string of the molecule is Br.CC1CC(C)N(C)C(C)C1. The summed E-state index contributed by atoms with van der Waals surface area (Å²) in [5, 5.41) is 0. The lowest BCUT2D eigenvalue weighted by Gasteiger charge is -2.39. The maximum absolute atomic E-state index is 2.49. The van der Waals surface area contributed by atoms with Gasteiger partial charge in [-0.25, -0.2) is 0 Å². The van der Waals surface area contributed by atoms with Crippen molar-refractivity contribution in [2.45, 2.75) is 45.7 Å². The summed E-state index contributed by atoms with van der Waals surface area (Å²) in [6.07, 6.45) is 2.75. The Hall–Kier alpha value is 0.440. The third kappa shape index (κ3) is 2.75. The number of hydrogen-bond donors (Lipinski definition) is 0. The molecule has 0 amide bonds. The topological polar surface area (TPSA) is 3.24 Å². The monoisotopic (exact) mass is 221 g/mol. The number of rotatable bonds is 0. The average Bonchev–Trinajstić information content (AvgIpc) is 1.82. The normalized spacial score (nSPS) is 39.8. The molecule has 1 heterocycles. The molecular formula is C9H20BrN. The summed E-state index contributed by atoms with van der Waals surface area (Å²) in [6.45, 7) is 7.01. The van der Waals surface area contributed by atoms with Crippen LogP contribution in [-0.4, -0.2) is 24.0 Å². The van der Waals surface area contributed by atoms with Gasteiger partial charge < -0.3 is 4.90 Å². The summed E-state index contributed by atoms with van der Waals surface area (Å²) in [7, 11) is 2.24. The van der Waals surface area contributed by atoms with Crippen molar-refractivity contribution in [3.8, 4) is 0 Å². The molecule has 2 unspecified atom stereocenters. The number of halogens is 1. The van der Waals surface area contributed by atoms with Gasteiger partial charge in [0, 0.05) is 12.1 Å². The van der Waals surface area contributed by atoms with Crippen LogP contribution in [0.25, 0.3) is 0 Å². The highest BCUT2D eigenvalue weighted by molar-refractivity contribution is 8.93. The highest BCUT2D eigenvalue weighted by Crippen LogP contribution is 2.25. The Morgan fingerprint density at radius 3 is 1.73 bits per heavy atom. The Morgan fingerprint density at radius 2 is 1.36 bits per heavy atom. The van der Waals surface area contributed by atoms with E-state index in [9.17, 15) is 0 Å². The van der Waals surface area contributed by atoms with E-state index in [1.165, 1.54) is 12.8 Å². The minimum absolute atomic E-state index is 0. The molecule has 2 heteroatoms. The summed E-state index contributed by atoms with van der Waals surface area (Å²) in [5.74, 6) is 0.932. The quantitative estimate of drug-likeness (QED) is 0.609. The summed E-state index contributed by atoms with van der Waals surface area (Å²) in [4.78, 5) is 2.49. The highest BCUT2D eigenvalue weighted by Gasteiger charge is 2.24. The van der Waals surface area contributed by atoms with Crippen molar-refractivity contribution in [3.63, 3.8) is 0 Å². The van der Waals surface area contributed by atoms with Crippen molar-refractivity contribution in [1.29, 1.82) is 0 Å². The van der Waals surface area contributed by atoms with Gasteiger partial charge in [-0.15, -0.1) is 17.0 Å². The minimum atomic E-state index is 0. The second-order valence-corrected chi connectivity index (χ2v) is 3.94. The van der Waals surface area contributed by atoms with Crippen LogP contribution < -0.4 is 0 Å². The van der Waals surface area contributed by atoms with Crippen LogP contribution in [0.15, 0.2) is 0 Å². The van der Waals surface area contributed by atoms with Gasteiger partial charge in [-0.05, 0) is 39.7 Å². The van der Waals surface area contributed by atoms with E-state index in [4.69, 9.17) is 0 Å². The number of nitrogens with zero attached hydrogens (tertiary/aromatic N) is 1. The predicted octanol–water partition coefficient (Wildman–Crippen LogP) is 2.70. The van der Waals surface area contributed by atoms with Crippen molar-refractivity contribution < 1.29 is 0 Å². The lowest BCUT2D eigenvalue weighted by Crippen LogP contribution is -2.43. The molecule has 1 nitrogen and oxygen atoms in total. The predicted molar refractivity (Wildman–Crippen MR) is 55.4 cm³/mol. The molecule has 2 atom stereocenters. The third-order valence-electron chi connectivity index (χ3n) is 2.88.